The number of nitrogens with zero attached hydrogens (tertiary/aromatic N) is 2. The number of carbonyl (C=O) groups excluding carboxylic acids is 1. The van der Waals surface area contributed by atoms with E-state index in [-0.39, 0.29) is 11.9 Å². The number of piperidine rings is 3. The van der Waals surface area contributed by atoms with E-state index in [2.05, 4.69) is 38.6 Å². The van der Waals surface area contributed by atoms with Gasteiger partial charge in [0.15, 0.2) is 5.69 Å². The van der Waals surface area contributed by atoms with Gasteiger partial charge in [-0.05, 0) is 68.3 Å². The molecule has 3 saturated heterocycles. The number of aromatic amines is 1. The van der Waals surface area contributed by atoms with Crippen molar-refractivity contribution < 1.29 is 4.79 Å². The summed E-state index contributed by atoms with van der Waals surface area (Å²) < 4.78 is 0. The highest BCUT2D eigenvalue weighted by atomic mass is 16.2. The van der Waals surface area contributed by atoms with E-state index in [0.717, 1.165) is 17.4 Å². The van der Waals surface area contributed by atoms with Crippen LogP contribution in [0, 0.1) is 5.92 Å². The molecule has 2 aromatic rings. The molecular weight excluding hydrogens is 288 g/mol. The minimum absolute atomic E-state index is 0.0250. The Kier molecular flexibility index (Phi) is 2.98. The maximum Gasteiger partial charge on any atom is 0.272 e. The lowest BCUT2D eigenvalue weighted by molar-refractivity contribution is 0.0618. The van der Waals surface area contributed by atoms with Crippen LogP contribution in [0.3, 0.4) is 0 Å². The number of aromatic nitrogens is 2. The highest BCUT2D eigenvalue weighted by molar-refractivity contribution is 6.05. The van der Waals surface area contributed by atoms with E-state index in [4.69, 9.17) is 0 Å². The number of carbonyl (C=O) groups is 1. The van der Waals surface area contributed by atoms with Crippen molar-refractivity contribution in [2.24, 2.45) is 5.92 Å². The number of fused-ring (bicyclic) bond motifs is 4. The molecule has 120 valence electrons. The van der Waals surface area contributed by atoms with Gasteiger partial charge < -0.3 is 10.2 Å². The minimum atomic E-state index is -0.0250. The molecule has 1 aliphatic carbocycles. The minimum Gasteiger partial charge on any atom is -0.346 e. The second-order valence-corrected chi connectivity index (χ2v) is 7.37. The Bertz CT molecular complexity index is 755. The van der Waals surface area contributed by atoms with Crippen molar-refractivity contribution in [1.29, 1.82) is 0 Å². The quantitative estimate of drug-likeness (QED) is 0.914. The monoisotopic (exact) mass is 310 g/mol. The number of rotatable bonds is 3. The van der Waals surface area contributed by atoms with Crippen LogP contribution < -0.4 is 5.32 Å². The van der Waals surface area contributed by atoms with Crippen molar-refractivity contribution >= 4 is 16.8 Å². The fourth-order valence-corrected chi connectivity index (χ4v) is 4.24. The lowest BCUT2D eigenvalue weighted by atomic mass is 9.84. The Morgan fingerprint density at radius 2 is 2.04 bits per heavy atom. The molecule has 1 aromatic heterocycles. The van der Waals surface area contributed by atoms with E-state index in [1.807, 2.05) is 0 Å². The van der Waals surface area contributed by atoms with Gasteiger partial charge >= 0.3 is 0 Å². The highest BCUT2D eigenvalue weighted by Gasteiger charge is 2.35. The summed E-state index contributed by atoms with van der Waals surface area (Å²) in [5.41, 5.74) is 2.85. The molecule has 3 aliphatic heterocycles. The van der Waals surface area contributed by atoms with Crippen LogP contribution in [-0.2, 0) is 0 Å². The van der Waals surface area contributed by atoms with Gasteiger partial charge in [-0.3, -0.25) is 9.89 Å². The third kappa shape index (κ3) is 2.34. The van der Waals surface area contributed by atoms with E-state index >= 15 is 0 Å². The maximum absolute atomic E-state index is 12.7. The summed E-state index contributed by atoms with van der Waals surface area (Å²) in [5, 5.41) is 11.5. The van der Waals surface area contributed by atoms with Gasteiger partial charge in [0.2, 0.25) is 0 Å². The van der Waals surface area contributed by atoms with Crippen LogP contribution in [0.5, 0.6) is 0 Å². The Morgan fingerprint density at radius 3 is 2.74 bits per heavy atom. The Balaban J connectivity index is 1.41. The first-order chi connectivity index (χ1) is 11.3. The second-order valence-electron chi connectivity index (χ2n) is 7.37. The predicted molar refractivity (Wildman–Crippen MR) is 88.5 cm³/mol. The third-order valence-corrected chi connectivity index (χ3v) is 5.82. The highest BCUT2D eigenvalue weighted by Crippen LogP contribution is 2.41. The van der Waals surface area contributed by atoms with Crippen molar-refractivity contribution in [1.82, 2.24) is 20.4 Å². The maximum atomic E-state index is 12.7. The molecule has 0 radical (unpaired) electrons. The molecule has 4 fully saturated rings. The molecule has 0 unspecified atom stereocenters. The molecule has 6 rings (SSSR count). The van der Waals surface area contributed by atoms with Gasteiger partial charge in [0.25, 0.3) is 5.91 Å². The van der Waals surface area contributed by atoms with Crippen molar-refractivity contribution in [3.05, 3.63) is 29.5 Å². The van der Waals surface area contributed by atoms with Crippen LogP contribution in [-0.4, -0.2) is 46.7 Å². The SMILES string of the molecule is O=C(N[C@H]1CN2CCC1CC2)c1n[nH]c2ccc(C3CC3)cc12. The number of benzene rings is 1. The zero-order valence-electron chi connectivity index (χ0n) is 13.2. The zero-order valence-corrected chi connectivity index (χ0v) is 13.2. The Hall–Kier alpha value is -1.88. The number of hydrogen-bond donors (Lipinski definition) is 2. The number of amides is 1. The lowest BCUT2D eigenvalue weighted by Gasteiger charge is -2.44. The standard InChI is InChI=1S/C18H22N4O/c23-18(19-16-10-22-7-5-12(16)6-8-22)17-14-9-13(11-1-2-11)3-4-15(14)20-21-17/h3-4,9,11-12,16H,1-2,5-8,10H2,(H,19,23)(H,20,21)/t16-/m0/s1. The first kappa shape index (κ1) is 13.5. The van der Waals surface area contributed by atoms with Crippen molar-refractivity contribution in [3.8, 4) is 0 Å². The van der Waals surface area contributed by atoms with Gasteiger partial charge in [0.05, 0.1) is 5.52 Å². The smallest absolute Gasteiger partial charge is 0.272 e. The van der Waals surface area contributed by atoms with Crippen LogP contribution in [0.2, 0.25) is 0 Å². The molecule has 4 heterocycles. The number of hydrogen-bond acceptors (Lipinski definition) is 3. The fourth-order valence-electron chi connectivity index (χ4n) is 4.24. The molecule has 23 heavy (non-hydrogen) atoms. The van der Waals surface area contributed by atoms with Gasteiger partial charge in [-0.15, -0.1) is 0 Å². The molecule has 1 saturated carbocycles. The molecule has 0 spiro atoms. The summed E-state index contributed by atoms with van der Waals surface area (Å²) in [6.07, 6.45) is 4.95. The average molecular weight is 310 g/mol. The molecule has 1 amide bonds. The van der Waals surface area contributed by atoms with Gasteiger partial charge in [0.1, 0.15) is 0 Å². The average Bonchev–Trinajstić information content (AvgIpc) is 3.35. The van der Waals surface area contributed by atoms with Crippen LogP contribution in [0.1, 0.15) is 47.7 Å². The zero-order chi connectivity index (χ0) is 15.4. The molecule has 1 atom stereocenters. The normalized spacial score (nSPS) is 29.8. The van der Waals surface area contributed by atoms with Crippen LogP contribution in [0.4, 0.5) is 0 Å². The number of H-pyrrole nitrogens is 1. The van der Waals surface area contributed by atoms with Crippen LogP contribution in [0.15, 0.2) is 18.2 Å². The van der Waals surface area contributed by atoms with E-state index in [1.54, 1.807) is 0 Å². The molecule has 2 bridgehead atoms. The van der Waals surface area contributed by atoms with E-state index in [0.29, 0.717) is 17.5 Å². The van der Waals surface area contributed by atoms with E-state index in [9.17, 15) is 4.79 Å². The van der Waals surface area contributed by atoms with Gasteiger partial charge in [0, 0.05) is 18.0 Å². The first-order valence-corrected chi connectivity index (χ1v) is 8.79. The summed E-state index contributed by atoms with van der Waals surface area (Å²) in [6, 6.07) is 6.65. The van der Waals surface area contributed by atoms with Crippen molar-refractivity contribution in [2.45, 2.75) is 37.6 Å². The third-order valence-electron chi connectivity index (χ3n) is 5.82. The first-order valence-electron chi connectivity index (χ1n) is 8.79. The van der Waals surface area contributed by atoms with E-state index in [1.165, 1.54) is 44.3 Å². The van der Waals surface area contributed by atoms with Gasteiger partial charge in [-0.1, -0.05) is 6.07 Å². The predicted octanol–water partition coefficient (Wildman–Crippen LogP) is 2.26. The molecule has 5 heteroatoms. The van der Waals surface area contributed by atoms with Crippen molar-refractivity contribution in [2.75, 3.05) is 19.6 Å². The van der Waals surface area contributed by atoms with E-state index < -0.39 is 0 Å². The summed E-state index contributed by atoms with van der Waals surface area (Å²) in [5.74, 6) is 1.30. The number of nitrogens with one attached hydrogen (secondary N) is 2. The van der Waals surface area contributed by atoms with Crippen LogP contribution >= 0.6 is 0 Å². The van der Waals surface area contributed by atoms with Gasteiger partial charge in [-0.25, -0.2) is 0 Å². The molecule has 5 nitrogen and oxygen atoms in total. The molecule has 4 aliphatic rings. The largest absolute Gasteiger partial charge is 0.346 e. The van der Waals surface area contributed by atoms with Crippen molar-refractivity contribution in [3.63, 3.8) is 0 Å². The second kappa shape index (κ2) is 5.06. The van der Waals surface area contributed by atoms with Gasteiger partial charge in [-0.2, -0.15) is 5.10 Å². The Labute approximate surface area is 135 Å². The Morgan fingerprint density at radius 1 is 1.22 bits per heavy atom. The van der Waals surface area contributed by atoms with Crippen LogP contribution in [0.25, 0.3) is 10.9 Å². The fraction of sp³-hybridized carbons (Fsp3) is 0.556. The summed E-state index contributed by atoms with van der Waals surface area (Å²) in [4.78, 5) is 15.2. The summed E-state index contributed by atoms with van der Waals surface area (Å²) in [7, 11) is 0. The molecular formula is C18H22N4O. The molecule has 1 aromatic carbocycles. The topological polar surface area (TPSA) is 61.0 Å². The summed E-state index contributed by atoms with van der Waals surface area (Å²) in [6.45, 7) is 3.37. The summed E-state index contributed by atoms with van der Waals surface area (Å²) >= 11 is 0. The lowest BCUT2D eigenvalue weighted by Crippen LogP contribution is -2.57. The molecule has 2 N–H and O–H groups in total.